The van der Waals surface area contributed by atoms with E-state index < -0.39 is 0 Å². The molecule has 0 radical (unpaired) electrons. The average molecular weight is 346 g/mol. The molecule has 138 valence electrons. The Bertz CT molecular complexity index is 553. The summed E-state index contributed by atoms with van der Waals surface area (Å²) in [7, 11) is 2.12. The van der Waals surface area contributed by atoms with Gasteiger partial charge in [-0.3, -0.25) is 4.90 Å². The van der Waals surface area contributed by atoms with E-state index in [0.29, 0.717) is 12.6 Å². The monoisotopic (exact) mass is 346 g/mol. The van der Waals surface area contributed by atoms with E-state index in [1.54, 1.807) is 0 Å². The number of urea groups is 1. The molecule has 2 fully saturated rings. The zero-order chi connectivity index (χ0) is 17.6. The number of carbonyl (C=O) groups excluding carboxylic acids is 1. The Kier molecular flexibility index (Phi) is 6.29. The molecule has 0 spiro atoms. The van der Waals surface area contributed by atoms with Crippen LogP contribution in [-0.4, -0.2) is 68.3 Å². The molecule has 1 aliphatic heterocycles. The van der Waals surface area contributed by atoms with Gasteiger partial charge in [-0.1, -0.05) is 12.1 Å². The van der Waals surface area contributed by atoms with Crippen molar-refractivity contribution in [3.8, 4) is 0 Å². The van der Waals surface area contributed by atoms with Crippen molar-refractivity contribution in [1.82, 2.24) is 15.1 Å². The van der Waals surface area contributed by atoms with Gasteiger partial charge in [-0.15, -0.1) is 0 Å². The van der Waals surface area contributed by atoms with Gasteiger partial charge in [0, 0.05) is 44.0 Å². The summed E-state index contributed by atoms with van der Waals surface area (Å²) in [5.41, 5.74) is 2.09. The highest BCUT2D eigenvalue weighted by Gasteiger charge is 2.25. The first-order valence-electron chi connectivity index (χ1n) is 9.30. The van der Waals surface area contributed by atoms with Gasteiger partial charge in [0.15, 0.2) is 0 Å². The number of nitrogens with one attached hydrogen (secondary N) is 2. The third kappa shape index (κ3) is 5.42. The molecule has 6 nitrogen and oxygen atoms in total. The summed E-state index contributed by atoms with van der Waals surface area (Å²) >= 11 is 0. The molecule has 0 aromatic heterocycles. The summed E-state index contributed by atoms with van der Waals surface area (Å²) < 4.78 is 5.41. The highest BCUT2D eigenvalue weighted by atomic mass is 16.5. The normalized spacial score (nSPS) is 19.6. The fourth-order valence-electron chi connectivity index (χ4n) is 3.24. The number of benzene rings is 1. The molecule has 1 aromatic carbocycles. The molecule has 1 aromatic rings. The van der Waals surface area contributed by atoms with Crippen LogP contribution in [0.25, 0.3) is 0 Å². The topological polar surface area (TPSA) is 56.8 Å². The second-order valence-electron chi connectivity index (χ2n) is 7.04. The Morgan fingerprint density at radius 3 is 2.60 bits per heavy atom. The number of carbonyl (C=O) groups is 1. The van der Waals surface area contributed by atoms with Crippen LogP contribution in [0.15, 0.2) is 24.3 Å². The maximum Gasteiger partial charge on any atom is 0.319 e. The second-order valence-corrected chi connectivity index (χ2v) is 7.04. The molecular formula is C19H30N4O2. The highest BCUT2D eigenvalue weighted by Crippen LogP contribution is 2.24. The SMILES string of the molecule is CC(c1ccc(NC(=O)NCCN(C)C2CC2)cc1)N1CCOCC1. The number of hydrogen-bond acceptors (Lipinski definition) is 4. The van der Waals surface area contributed by atoms with Crippen LogP contribution < -0.4 is 10.6 Å². The smallest absolute Gasteiger partial charge is 0.319 e. The quantitative estimate of drug-likeness (QED) is 0.795. The van der Waals surface area contributed by atoms with Crippen molar-refractivity contribution in [3.63, 3.8) is 0 Å². The number of morpholine rings is 1. The van der Waals surface area contributed by atoms with Crippen LogP contribution in [0.1, 0.15) is 31.4 Å². The molecule has 1 unspecified atom stereocenters. The first-order valence-corrected chi connectivity index (χ1v) is 9.30. The molecule has 1 saturated heterocycles. The van der Waals surface area contributed by atoms with Crippen LogP contribution in [0.4, 0.5) is 10.5 Å². The van der Waals surface area contributed by atoms with Crippen LogP contribution in [-0.2, 0) is 4.74 Å². The molecule has 2 N–H and O–H groups in total. The summed E-state index contributed by atoms with van der Waals surface area (Å²) in [6.07, 6.45) is 2.58. The zero-order valence-corrected chi connectivity index (χ0v) is 15.3. The van der Waals surface area contributed by atoms with E-state index in [0.717, 1.165) is 44.6 Å². The van der Waals surface area contributed by atoms with E-state index in [2.05, 4.69) is 46.5 Å². The number of ether oxygens (including phenoxy) is 1. The minimum atomic E-state index is -0.141. The number of rotatable bonds is 7. The molecule has 2 amide bonds. The third-order valence-electron chi connectivity index (χ3n) is 5.16. The van der Waals surface area contributed by atoms with E-state index in [1.807, 2.05) is 12.1 Å². The van der Waals surface area contributed by atoms with Gasteiger partial charge in [-0.2, -0.15) is 0 Å². The van der Waals surface area contributed by atoms with Gasteiger partial charge in [-0.25, -0.2) is 4.79 Å². The lowest BCUT2D eigenvalue weighted by molar-refractivity contribution is 0.0198. The summed E-state index contributed by atoms with van der Waals surface area (Å²) in [6.45, 7) is 7.34. The Balaban J connectivity index is 1.42. The third-order valence-corrected chi connectivity index (χ3v) is 5.16. The maximum absolute atomic E-state index is 12.0. The largest absolute Gasteiger partial charge is 0.379 e. The summed E-state index contributed by atoms with van der Waals surface area (Å²) in [5, 5.41) is 5.82. The van der Waals surface area contributed by atoms with Gasteiger partial charge in [0.25, 0.3) is 0 Å². The van der Waals surface area contributed by atoms with Gasteiger partial charge in [0.1, 0.15) is 0 Å². The molecule has 3 rings (SSSR count). The van der Waals surface area contributed by atoms with Crippen LogP contribution in [0.2, 0.25) is 0 Å². The minimum Gasteiger partial charge on any atom is -0.379 e. The summed E-state index contributed by atoms with van der Waals surface area (Å²) in [4.78, 5) is 16.7. The Hall–Kier alpha value is -1.63. The molecule has 0 bridgehead atoms. The maximum atomic E-state index is 12.0. The molecule has 1 atom stereocenters. The van der Waals surface area contributed by atoms with Crippen molar-refractivity contribution in [2.45, 2.75) is 31.8 Å². The number of hydrogen-bond donors (Lipinski definition) is 2. The van der Waals surface area contributed by atoms with Gasteiger partial charge in [0.2, 0.25) is 0 Å². The van der Waals surface area contributed by atoms with E-state index in [9.17, 15) is 4.79 Å². The van der Waals surface area contributed by atoms with Crippen molar-refractivity contribution >= 4 is 11.7 Å². The number of likely N-dealkylation sites (N-methyl/N-ethyl adjacent to an activating group) is 1. The molecule has 2 aliphatic rings. The Morgan fingerprint density at radius 1 is 1.28 bits per heavy atom. The van der Waals surface area contributed by atoms with Crippen LogP contribution in [0.5, 0.6) is 0 Å². The zero-order valence-electron chi connectivity index (χ0n) is 15.3. The lowest BCUT2D eigenvalue weighted by Gasteiger charge is -2.32. The van der Waals surface area contributed by atoms with Crippen molar-refractivity contribution in [2.75, 3.05) is 51.8 Å². The van der Waals surface area contributed by atoms with E-state index in [4.69, 9.17) is 4.74 Å². The van der Waals surface area contributed by atoms with Crippen molar-refractivity contribution in [3.05, 3.63) is 29.8 Å². The Labute approximate surface area is 150 Å². The van der Waals surface area contributed by atoms with Gasteiger partial charge in [-0.05, 0) is 44.5 Å². The average Bonchev–Trinajstić information content (AvgIpc) is 3.47. The predicted octanol–water partition coefficient (Wildman–Crippen LogP) is 2.30. The standard InChI is InChI=1S/C19H30N4O2/c1-15(23-11-13-25-14-12-23)16-3-5-17(6-4-16)21-19(24)20-9-10-22(2)18-7-8-18/h3-6,15,18H,7-14H2,1-2H3,(H2,20,21,24). The van der Waals surface area contributed by atoms with Gasteiger partial charge >= 0.3 is 6.03 Å². The van der Waals surface area contributed by atoms with Crippen molar-refractivity contribution in [1.29, 1.82) is 0 Å². The lowest BCUT2D eigenvalue weighted by Crippen LogP contribution is -2.38. The Morgan fingerprint density at radius 2 is 1.96 bits per heavy atom. The predicted molar refractivity (Wildman–Crippen MR) is 99.9 cm³/mol. The van der Waals surface area contributed by atoms with Gasteiger partial charge < -0.3 is 20.3 Å². The number of amides is 2. The van der Waals surface area contributed by atoms with Crippen LogP contribution >= 0.6 is 0 Å². The highest BCUT2D eigenvalue weighted by molar-refractivity contribution is 5.89. The minimum absolute atomic E-state index is 0.141. The molecule has 6 heteroatoms. The van der Waals surface area contributed by atoms with E-state index in [1.165, 1.54) is 18.4 Å². The fraction of sp³-hybridized carbons (Fsp3) is 0.632. The van der Waals surface area contributed by atoms with E-state index >= 15 is 0 Å². The molecule has 25 heavy (non-hydrogen) atoms. The molecule has 1 saturated carbocycles. The van der Waals surface area contributed by atoms with Crippen LogP contribution in [0, 0.1) is 0 Å². The van der Waals surface area contributed by atoms with Crippen molar-refractivity contribution in [2.24, 2.45) is 0 Å². The van der Waals surface area contributed by atoms with E-state index in [-0.39, 0.29) is 6.03 Å². The molecule has 1 heterocycles. The second kappa shape index (κ2) is 8.65. The molecular weight excluding hydrogens is 316 g/mol. The fourth-order valence-corrected chi connectivity index (χ4v) is 3.24. The van der Waals surface area contributed by atoms with Crippen LogP contribution in [0.3, 0.4) is 0 Å². The number of anilines is 1. The number of nitrogens with zero attached hydrogens (tertiary/aromatic N) is 2. The summed E-state index contributed by atoms with van der Waals surface area (Å²) in [6, 6.07) is 9.09. The lowest BCUT2D eigenvalue weighted by atomic mass is 10.1. The molecule has 1 aliphatic carbocycles. The first-order chi connectivity index (χ1) is 12.1. The summed E-state index contributed by atoms with van der Waals surface area (Å²) in [5.74, 6) is 0. The van der Waals surface area contributed by atoms with Crippen molar-refractivity contribution < 1.29 is 9.53 Å². The first kappa shape index (κ1) is 18.2. The van der Waals surface area contributed by atoms with Gasteiger partial charge in [0.05, 0.1) is 13.2 Å².